The summed E-state index contributed by atoms with van der Waals surface area (Å²) in [6.45, 7) is 3.14. The molecule has 2 aromatic rings. The average Bonchev–Trinajstić information content (AvgIpc) is 2.63. The highest BCUT2D eigenvalue weighted by Crippen LogP contribution is 2.21. The highest BCUT2D eigenvalue weighted by atomic mass is 35.5. The van der Waals surface area contributed by atoms with E-state index in [1.165, 1.54) is 11.8 Å². The number of amides is 1. The number of rotatable bonds is 5. The summed E-state index contributed by atoms with van der Waals surface area (Å²) < 4.78 is 5.33. The van der Waals surface area contributed by atoms with Crippen molar-refractivity contribution in [3.63, 3.8) is 0 Å². The van der Waals surface area contributed by atoms with Crippen LogP contribution in [0.5, 0.6) is 0 Å². The van der Waals surface area contributed by atoms with Gasteiger partial charge in [0.05, 0.1) is 30.9 Å². The molecule has 1 aliphatic rings. The number of nitrogens with one attached hydrogen (secondary N) is 1. The molecular weight excluding hydrogens is 346 g/mol. The number of carbonyl (C=O) groups excluding carboxylic acids is 1. The summed E-state index contributed by atoms with van der Waals surface area (Å²) in [4.78, 5) is 19.6. The number of carbonyl (C=O) groups is 1. The predicted octanol–water partition coefficient (Wildman–Crippen LogP) is 3.30. The van der Waals surface area contributed by atoms with E-state index in [0.717, 1.165) is 37.0 Å². The van der Waals surface area contributed by atoms with E-state index >= 15 is 0 Å². The van der Waals surface area contributed by atoms with Crippen molar-refractivity contribution >= 4 is 40.8 Å². The molecule has 1 fully saturated rings. The number of morpholine rings is 1. The second-order valence-electron chi connectivity index (χ2n) is 5.30. The molecule has 7 heteroatoms. The molecule has 0 spiro atoms. The zero-order valence-corrected chi connectivity index (χ0v) is 14.6. The molecule has 0 bridgehead atoms. The van der Waals surface area contributed by atoms with Crippen LogP contribution in [0.25, 0.3) is 0 Å². The van der Waals surface area contributed by atoms with Crippen LogP contribution >= 0.6 is 23.4 Å². The molecule has 126 valence electrons. The Morgan fingerprint density at radius 2 is 1.96 bits per heavy atom. The van der Waals surface area contributed by atoms with Gasteiger partial charge in [0.2, 0.25) is 5.91 Å². The molecule has 2 heterocycles. The van der Waals surface area contributed by atoms with E-state index in [0.29, 0.717) is 16.5 Å². The molecule has 0 radical (unpaired) electrons. The zero-order valence-electron chi connectivity index (χ0n) is 13.1. The van der Waals surface area contributed by atoms with Gasteiger partial charge in [0.15, 0.2) is 0 Å². The van der Waals surface area contributed by atoms with Crippen molar-refractivity contribution in [2.24, 2.45) is 0 Å². The van der Waals surface area contributed by atoms with Crippen LogP contribution in [0.4, 0.5) is 11.5 Å². The summed E-state index contributed by atoms with van der Waals surface area (Å²) in [5, 5.41) is 3.55. The van der Waals surface area contributed by atoms with Gasteiger partial charge in [0, 0.05) is 23.0 Å². The molecule has 5 nitrogen and oxygen atoms in total. The number of ether oxygens (including phenoxy) is 1. The number of thioether (sulfide) groups is 1. The third kappa shape index (κ3) is 4.87. The highest BCUT2D eigenvalue weighted by Gasteiger charge is 2.12. The van der Waals surface area contributed by atoms with Crippen molar-refractivity contribution in [1.82, 2.24) is 4.98 Å². The van der Waals surface area contributed by atoms with E-state index in [-0.39, 0.29) is 5.91 Å². The highest BCUT2D eigenvalue weighted by molar-refractivity contribution is 8.00. The Kier molecular flexibility index (Phi) is 5.96. The molecule has 1 N–H and O–H groups in total. The maximum absolute atomic E-state index is 12.0. The molecule has 1 aliphatic heterocycles. The fraction of sp³-hybridized carbons (Fsp3) is 0.294. The molecule has 0 aliphatic carbocycles. The Balaban J connectivity index is 1.49. The molecule has 1 aromatic heterocycles. The summed E-state index contributed by atoms with van der Waals surface area (Å²) in [6, 6.07) is 11.2. The van der Waals surface area contributed by atoms with E-state index in [1.807, 2.05) is 36.4 Å². The van der Waals surface area contributed by atoms with Crippen molar-refractivity contribution in [2.75, 3.05) is 42.3 Å². The van der Waals surface area contributed by atoms with Crippen molar-refractivity contribution < 1.29 is 9.53 Å². The number of pyridine rings is 1. The van der Waals surface area contributed by atoms with Crippen molar-refractivity contribution in [1.29, 1.82) is 0 Å². The molecule has 24 heavy (non-hydrogen) atoms. The Morgan fingerprint density at radius 3 is 2.62 bits per heavy atom. The molecule has 1 aromatic carbocycles. The number of halogens is 1. The lowest BCUT2D eigenvalue weighted by molar-refractivity contribution is -0.113. The molecule has 0 atom stereocenters. The lowest BCUT2D eigenvalue weighted by atomic mass is 10.3. The number of aromatic nitrogens is 1. The summed E-state index contributed by atoms with van der Waals surface area (Å²) in [5.41, 5.74) is 0.703. The number of anilines is 2. The summed E-state index contributed by atoms with van der Waals surface area (Å²) in [6.07, 6.45) is 1.69. The third-order valence-corrected chi connectivity index (χ3v) is 4.81. The molecule has 0 unspecified atom stereocenters. The first kappa shape index (κ1) is 17.1. The van der Waals surface area contributed by atoms with Gasteiger partial charge in [0.25, 0.3) is 0 Å². The molecule has 1 saturated heterocycles. The molecule has 1 amide bonds. The van der Waals surface area contributed by atoms with Gasteiger partial charge in [-0.1, -0.05) is 11.6 Å². The molecular formula is C17H18ClN3O2S. The molecule has 3 rings (SSSR count). The second-order valence-corrected chi connectivity index (χ2v) is 6.78. The van der Waals surface area contributed by atoms with Crippen LogP contribution < -0.4 is 10.2 Å². The van der Waals surface area contributed by atoms with Gasteiger partial charge in [-0.3, -0.25) is 4.79 Å². The van der Waals surface area contributed by atoms with Gasteiger partial charge in [-0.25, -0.2) is 4.98 Å². The van der Waals surface area contributed by atoms with Gasteiger partial charge in [0.1, 0.15) is 5.82 Å². The first-order chi connectivity index (χ1) is 11.7. The Hall–Kier alpha value is -1.76. The second kappa shape index (κ2) is 8.37. The van der Waals surface area contributed by atoms with Crippen molar-refractivity contribution in [3.8, 4) is 0 Å². The SMILES string of the molecule is O=C(CSc1ccc(Cl)cc1)Nc1ccc(N2CCOCC2)nc1. The minimum Gasteiger partial charge on any atom is -0.378 e. The maximum atomic E-state index is 12.0. The van der Waals surface area contributed by atoms with Gasteiger partial charge in [-0.05, 0) is 36.4 Å². The lowest BCUT2D eigenvalue weighted by Gasteiger charge is -2.27. The minimum atomic E-state index is -0.0594. The van der Waals surface area contributed by atoms with Crippen LogP contribution in [-0.4, -0.2) is 42.9 Å². The molecule has 0 saturated carbocycles. The topological polar surface area (TPSA) is 54.5 Å². The number of nitrogens with zero attached hydrogens (tertiary/aromatic N) is 2. The quantitative estimate of drug-likeness (QED) is 0.826. The van der Waals surface area contributed by atoms with E-state index in [9.17, 15) is 4.79 Å². The van der Waals surface area contributed by atoms with Crippen LogP contribution in [0.15, 0.2) is 47.5 Å². The Labute approximate surface area is 150 Å². The standard InChI is InChI=1S/C17H18ClN3O2S/c18-13-1-4-15(5-2-13)24-12-17(22)20-14-3-6-16(19-11-14)21-7-9-23-10-8-21/h1-6,11H,7-10,12H2,(H,20,22). The fourth-order valence-electron chi connectivity index (χ4n) is 2.32. The van der Waals surface area contributed by atoms with Gasteiger partial charge in [-0.15, -0.1) is 11.8 Å². The minimum absolute atomic E-state index is 0.0594. The van der Waals surface area contributed by atoms with Gasteiger partial charge >= 0.3 is 0 Å². The third-order valence-electron chi connectivity index (χ3n) is 3.55. The number of hydrogen-bond acceptors (Lipinski definition) is 5. The van der Waals surface area contributed by atoms with Crippen LogP contribution in [0.1, 0.15) is 0 Å². The van der Waals surface area contributed by atoms with Crippen LogP contribution in [-0.2, 0) is 9.53 Å². The normalized spacial score (nSPS) is 14.5. The lowest BCUT2D eigenvalue weighted by Crippen LogP contribution is -2.36. The van der Waals surface area contributed by atoms with Crippen molar-refractivity contribution in [3.05, 3.63) is 47.6 Å². The van der Waals surface area contributed by atoms with Gasteiger partial charge in [-0.2, -0.15) is 0 Å². The zero-order chi connectivity index (χ0) is 16.8. The maximum Gasteiger partial charge on any atom is 0.234 e. The predicted molar refractivity (Wildman–Crippen MR) is 98.1 cm³/mol. The van der Waals surface area contributed by atoms with Crippen molar-refractivity contribution in [2.45, 2.75) is 4.90 Å². The summed E-state index contributed by atoms with van der Waals surface area (Å²) in [7, 11) is 0. The van der Waals surface area contributed by atoms with E-state index in [2.05, 4.69) is 15.2 Å². The smallest absolute Gasteiger partial charge is 0.234 e. The van der Waals surface area contributed by atoms with Crippen LogP contribution in [0, 0.1) is 0 Å². The number of hydrogen-bond donors (Lipinski definition) is 1. The summed E-state index contributed by atoms with van der Waals surface area (Å²) in [5.74, 6) is 1.19. The first-order valence-corrected chi connectivity index (χ1v) is 9.04. The Morgan fingerprint density at radius 1 is 1.21 bits per heavy atom. The monoisotopic (exact) mass is 363 g/mol. The Bertz CT molecular complexity index is 673. The summed E-state index contributed by atoms with van der Waals surface area (Å²) >= 11 is 7.31. The van der Waals surface area contributed by atoms with E-state index < -0.39 is 0 Å². The van der Waals surface area contributed by atoms with Crippen LogP contribution in [0.2, 0.25) is 5.02 Å². The fourth-order valence-corrected chi connectivity index (χ4v) is 3.14. The van der Waals surface area contributed by atoms with E-state index in [1.54, 1.807) is 6.20 Å². The van der Waals surface area contributed by atoms with Crippen LogP contribution in [0.3, 0.4) is 0 Å². The average molecular weight is 364 g/mol. The first-order valence-electron chi connectivity index (χ1n) is 7.68. The number of benzene rings is 1. The van der Waals surface area contributed by atoms with Gasteiger partial charge < -0.3 is 15.0 Å². The van der Waals surface area contributed by atoms with E-state index in [4.69, 9.17) is 16.3 Å². The largest absolute Gasteiger partial charge is 0.378 e.